The van der Waals surface area contributed by atoms with E-state index in [0.29, 0.717) is 5.56 Å². The van der Waals surface area contributed by atoms with E-state index in [1.807, 2.05) is 6.07 Å². The molecule has 0 atom stereocenters. The Hall–Kier alpha value is -2.62. The molecule has 0 radical (unpaired) electrons. The maximum atomic E-state index is 12.5. The van der Waals surface area contributed by atoms with Crippen LogP contribution in [0, 0.1) is 0 Å². The van der Waals surface area contributed by atoms with Gasteiger partial charge in [0.2, 0.25) is 5.91 Å². The van der Waals surface area contributed by atoms with Gasteiger partial charge in [0.25, 0.3) is 0 Å². The highest BCUT2D eigenvalue weighted by Gasteiger charge is 2.40. The fourth-order valence-corrected chi connectivity index (χ4v) is 4.04. The van der Waals surface area contributed by atoms with E-state index < -0.39 is 11.9 Å². The number of nitrogens with two attached hydrogens (primary N) is 1. The molecule has 2 aromatic carbocycles. The fraction of sp³-hybridized carbons (Fsp3) is 0.364. The summed E-state index contributed by atoms with van der Waals surface area (Å²) in [6.45, 7) is 8.72. The van der Waals surface area contributed by atoms with Gasteiger partial charge in [-0.1, -0.05) is 52.0 Å². The van der Waals surface area contributed by atoms with Crippen molar-refractivity contribution in [2.75, 3.05) is 0 Å². The van der Waals surface area contributed by atoms with Crippen molar-refractivity contribution < 1.29 is 14.7 Å². The summed E-state index contributed by atoms with van der Waals surface area (Å²) in [5.74, 6) is -1.41. The number of aromatic carboxylic acids is 1. The number of carboxylic acid groups (broad SMARTS) is 1. The zero-order valence-electron chi connectivity index (χ0n) is 15.7. The molecule has 0 unspecified atom stereocenters. The average Bonchev–Trinajstić information content (AvgIpc) is 2.58. The summed E-state index contributed by atoms with van der Waals surface area (Å²) < 4.78 is 0. The van der Waals surface area contributed by atoms with Crippen LogP contribution in [0.25, 0.3) is 11.1 Å². The van der Waals surface area contributed by atoms with Crippen LogP contribution in [0.15, 0.2) is 36.4 Å². The predicted molar refractivity (Wildman–Crippen MR) is 103 cm³/mol. The van der Waals surface area contributed by atoms with Crippen LogP contribution >= 0.6 is 0 Å². The number of carbonyl (C=O) groups excluding carboxylic acids is 1. The number of rotatable bonds is 3. The van der Waals surface area contributed by atoms with Crippen molar-refractivity contribution >= 4 is 11.9 Å². The van der Waals surface area contributed by atoms with Gasteiger partial charge >= 0.3 is 5.97 Å². The molecule has 1 aliphatic carbocycles. The topological polar surface area (TPSA) is 80.4 Å². The van der Waals surface area contributed by atoms with Crippen LogP contribution in [0.2, 0.25) is 0 Å². The number of amides is 1. The van der Waals surface area contributed by atoms with Crippen molar-refractivity contribution in [3.63, 3.8) is 0 Å². The molecule has 3 rings (SSSR count). The maximum absolute atomic E-state index is 12.5. The lowest BCUT2D eigenvalue weighted by atomic mass is 9.61. The third-order valence-electron chi connectivity index (χ3n) is 5.68. The zero-order valence-corrected chi connectivity index (χ0v) is 15.7. The van der Waals surface area contributed by atoms with Crippen LogP contribution in [0.5, 0.6) is 0 Å². The monoisotopic (exact) mass is 351 g/mol. The number of carboxylic acids is 1. The first kappa shape index (κ1) is 18.2. The van der Waals surface area contributed by atoms with Crippen LogP contribution < -0.4 is 5.73 Å². The SMILES string of the molecule is CC1(C)CCC(C)(C)c2c1ccc(-c1ccc(C(=O)O)cc1)c2C(N)=O. The molecule has 3 N–H and O–H groups in total. The van der Waals surface area contributed by atoms with Crippen LogP contribution in [0.3, 0.4) is 0 Å². The Labute approximate surface area is 154 Å². The van der Waals surface area contributed by atoms with Crippen molar-refractivity contribution in [1.82, 2.24) is 0 Å². The molecule has 136 valence electrons. The molecule has 26 heavy (non-hydrogen) atoms. The molecule has 0 saturated carbocycles. The lowest BCUT2D eigenvalue weighted by molar-refractivity contribution is 0.0696. The van der Waals surface area contributed by atoms with E-state index in [1.165, 1.54) is 5.56 Å². The number of benzene rings is 2. The highest BCUT2D eigenvalue weighted by molar-refractivity contribution is 6.02. The van der Waals surface area contributed by atoms with E-state index in [1.54, 1.807) is 24.3 Å². The first-order valence-electron chi connectivity index (χ1n) is 8.86. The van der Waals surface area contributed by atoms with E-state index in [2.05, 4.69) is 33.8 Å². The van der Waals surface area contributed by atoms with E-state index in [-0.39, 0.29) is 16.4 Å². The number of hydrogen-bond acceptors (Lipinski definition) is 2. The molecule has 0 heterocycles. The molecule has 4 heteroatoms. The Bertz CT molecular complexity index is 892. The molecule has 0 aromatic heterocycles. The first-order chi connectivity index (χ1) is 12.0. The summed E-state index contributed by atoms with van der Waals surface area (Å²) in [6.07, 6.45) is 2.03. The quantitative estimate of drug-likeness (QED) is 0.854. The molecule has 1 amide bonds. The fourth-order valence-electron chi connectivity index (χ4n) is 4.04. The summed E-state index contributed by atoms with van der Waals surface area (Å²) in [6, 6.07) is 10.6. The van der Waals surface area contributed by atoms with Crippen molar-refractivity contribution in [2.24, 2.45) is 5.73 Å². The summed E-state index contributed by atoms with van der Waals surface area (Å²) in [4.78, 5) is 23.6. The normalized spacial score (nSPS) is 17.4. The van der Waals surface area contributed by atoms with Crippen LogP contribution in [-0.4, -0.2) is 17.0 Å². The smallest absolute Gasteiger partial charge is 0.335 e. The van der Waals surface area contributed by atoms with Crippen LogP contribution in [0.1, 0.15) is 72.4 Å². The lowest BCUT2D eigenvalue weighted by Crippen LogP contribution is -2.36. The first-order valence-corrected chi connectivity index (χ1v) is 8.86. The predicted octanol–water partition coefficient (Wildman–Crippen LogP) is 4.50. The van der Waals surface area contributed by atoms with Gasteiger partial charge in [-0.2, -0.15) is 0 Å². The zero-order chi connectivity index (χ0) is 19.3. The minimum atomic E-state index is -0.972. The molecule has 4 nitrogen and oxygen atoms in total. The highest BCUT2D eigenvalue weighted by Crippen LogP contribution is 2.48. The second-order valence-corrected chi connectivity index (χ2v) is 8.43. The summed E-state index contributed by atoms with van der Waals surface area (Å²) in [5.41, 5.74) is 10.2. The van der Waals surface area contributed by atoms with Gasteiger partial charge in [-0.3, -0.25) is 4.79 Å². The van der Waals surface area contributed by atoms with Gasteiger partial charge in [0.05, 0.1) is 11.1 Å². The van der Waals surface area contributed by atoms with E-state index in [0.717, 1.165) is 29.5 Å². The Balaban J connectivity index is 2.29. The van der Waals surface area contributed by atoms with E-state index in [9.17, 15) is 9.59 Å². The minimum Gasteiger partial charge on any atom is -0.478 e. The Morgan fingerprint density at radius 2 is 1.50 bits per heavy atom. The van der Waals surface area contributed by atoms with Crippen LogP contribution in [-0.2, 0) is 10.8 Å². The molecular weight excluding hydrogens is 326 g/mol. The van der Waals surface area contributed by atoms with Gasteiger partial charge in [0.15, 0.2) is 0 Å². The Kier molecular flexibility index (Phi) is 4.18. The Morgan fingerprint density at radius 3 is 2.04 bits per heavy atom. The average molecular weight is 351 g/mol. The molecule has 2 aromatic rings. The largest absolute Gasteiger partial charge is 0.478 e. The molecule has 0 aliphatic heterocycles. The van der Waals surface area contributed by atoms with Gasteiger partial charge in [-0.25, -0.2) is 4.79 Å². The number of carbonyl (C=O) groups is 2. The summed E-state index contributed by atoms with van der Waals surface area (Å²) in [7, 11) is 0. The molecule has 0 bridgehead atoms. The summed E-state index contributed by atoms with van der Waals surface area (Å²) >= 11 is 0. The standard InChI is InChI=1S/C22H25NO3/c1-21(2)11-12-22(3,4)18-16(21)10-9-15(17(18)19(23)24)13-5-7-14(8-6-13)20(25)26/h5-10H,11-12H2,1-4H3,(H2,23,24)(H,25,26). The van der Waals surface area contributed by atoms with Gasteiger partial charge < -0.3 is 10.8 Å². The minimum absolute atomic E-state index is 0.0131. The Morgan fingerprint density at radius 1 is 0.923 bits per heavy atom. The van der Waals surface area contributed by atoms with Gasteiger partial charge in [0, 0.05) is 0 Å². The highest BCUT2D eigenvalue weighted by atomic mass is 16.4. The van der Waals surface area contributed by atoms with E-state index in [4.69, 9.17) is 10.8 Å². The summed E-state index contributed by atoms with van der Waals surface area (Å²) in [5, 5.41) is 9.10. The van der Waals surface area contributed by atoms with Crippen molar-refractivity contribution in [2.45, 2.75) is 51.4 Å². The van der Waals surface area contributed by atoms with Gasteiger partial charge in [-0.05, 0) is 58.1 Å². The molecule has 1 aliphatic rings. The second kappa shape index (κ2) is 5.97. The molecule has 0 fully saturated rings. The second-order valence-electron chi connectivity index (χ2n) is 8.43. The third-order valence-corrected chi connectivity index (χ3v) is 5.68. The number of hydrogen-bond donors (Lipinski definition) is 2. The number of primary amides is 1. The van der Waals surface area contributed by atoms with Crippen LogP contribution in [0.4, 0.5) is 0 Å². The molecular formula is C22H25NO3. The molecule has 0 saturated heterocycles. The van der Waals surface area contributed by atoms with Crippen molar-refractivity contribution in [3.8, 4) is 11.1 Å². The number of fused-ring (bicyclic) bond motifs is 1. The third kappa shape index (κ3) is 2.90. The lowest BCUT2D eigenvalue weighted by Gasteiger charge is -2.43. The van der Waals surface area contributed by atoms with Gasteiger partial charge in [-0.15, -0.1) is 0 Å². The van der Waals surface area contributed by atoms with Gasteiger partial charge in [0.1, 0.15) is 0 Å². The van der Waals surface area contributed by atoms with E-state index >= 15 is 0 Å². The molecule has 0 spiro atoms. The van der Waals surface area contributed by atoms with Crippen molar-refractivity contribution in [3.05, 3.63) is 58.7 Å². The van der Waals surface area contributed by atoms with Crippen molar-refractivity contribution in [1.29, 1.82) is 0 Å². The maximum Gasteiger partial charge on any atom is 0.335 e.